The minimum atomic E-state index is -4.49. The van der Waals surface area contributed by atoms with Crippen molar-refractivity contribution in [2.24, 2.45) is 0 Å². The van der Waals surface area contributed by atoms with Crippen molar-refractivity contribution in [3.63, 3.8) is 0 Å². The maximum atomic E-state index is 13.5. The third kappa shape index (κ3) is 3.22. The maximum Gasteiger partial charge on any atom is 0.475 e. The second-order valence-electron chi connectivity index (χ2n) is 6.20. The minimum Gasteiger partial charge on any atom is -0.403 e. The lowest BCUT2D eigenvalue weighted by molar-refractivity contribution is -0.138. The van der Waals surface area contributed by atoms with Gasteiger partial charge in [0.05, 0.1) is 11.2 Å². The molecule has 1 aromatic carbocycles. The predicted molar refractivity (Wildman–Crippen MR) is 76.3 cm³/mol. The number of hydrogen-bond acceptors (Lipinski definition) is 2. The van der Waals surface area contributed by atoms with Crippen LogP contribution in [0, 0.1) is 0 Å². The number of halogens is 4. The van der Waals surface area contributed by atoms with Gasteiger partial charge in [0.25, 0.3) is 0 Å². The van der Waals surface area contributed by atoms with Crippen molar-refractivity contribution in [2.75, 3.05) is 0 Å². The Morgan fingerprint density at radius 2 is 1.62 bits per heavy atom. The lowest BCUT2D eigenvalue weighted by atomic mass is 9.67. The molecule has 116 valence electrons. The van der Waals surface area contributed by atoms with Gasteiger partial charge in [-0.15, -0.1) is 0 Å². The first-order chi connectivity index (χ1) is 9.44. The molecular weight excluding hydrogens is 303 g/mol. The Balaban J connectivity index is 2.40. The fourth-order valence-corrected chi connectivity index (χ4v) is 2.42. The second kappa shape index (κ2) is 5.18. The van der Waals surface area contributed by atoms with E-state index in [-0.39, 0.29) is 10.6 Å². The highest BCUT2D eigenvalue weighted by molar-refractivity contribution is 6.48. The van der Waals surface area contributed by atoms with E-state index in [2.05, 4.69) is 0 Å². The second-order valence-corrected chi connectivity index (χ2v) is 6.64. The van der Waals surface area contributed by atoms with Crippen molar-refractivity contribution in [3.05, 3.63) is 34.9 Å². The van der Waals surface area contributed by atoms with Crippen LogP contribution in [0.3, 0.4) is 0 Å². The summed E-state index contributed by atoms with van der Waals surface area (Å²) in [5.74, 6) is -1.88. The van der Waals surface area contributed by atoms with Crippen LogP contribution in [0.4, 0.5) is 13.2 Å². The summed E-state index contributed by atoms with van der Waals surface area (Å²) in [7, 11) is -1.39. The van der Waals surface area contributed by atoms with E-state index >= 15 is 0 Å². The molecule has 0 radical (unpaired) electrons. The van der Waals surface area contributed by atoms with Gasteiger partial charge in [-0.05, 0) is 45.4 Å². The quantitative estimate of drug-likeness (QED) is 0.740. The molecule has 2 rings (SSSR count). The van der Waals surface area contributed by atoms with E-state index in [1.165, 1.54) is 24.3 Å². The Labute approximate surface area is 127 Å². The highest BCUT2D eigenvalue weighted by atomic mass is 35.5. The first-order valence-electron chi connectivity index (χ1n) is 6.62. The van der Waals surface area contributed by atoms with E-state index in [1.807, 2.05) is 0 Å². The Morgan fingerprint density at radius 1 is 1.10 bits per heavy atom. The van der Waals surface area contributed by atoms with Gasteiger partial charge in [-0.2, -0.15) is 13.2 Å². The summed E-state index contributed by atoms with van der Waals surface area (Å²) in [6.07, 6.45) is -4.49. The van der Waals surface area contributed by atoms with Crippen molar-refractivity contribution in [1.29, 1.82) is 0 Å². The molecule has 7 heteroatoms. The Hall–Kier alpha value is -0.715. The highest BCUT2D eigenvalue weighted by Gasteiger charge is 2.60. The van der Waals surface area contributed by atoms with Crippen molar-refractivity contribution in [3.8, 4) is 0 Å². The zero-order valence-corrected chi connectivity index (χ0v) is 13.0. The van der Waals surface area contributed by atoms with E-state index in [0.29, 0.717) is 0 Å². The average Bonchev–Trinajstić information content (AvgIpc) is 2.45. The Bertz CT molecular complexity index is 515. The Morgan fingerprint density at radius 3 is 2.05 bits per heavy atom. The normalized spacial score (nSPS) is 22.4. The van der Waals surface area contributed by atoms with Gasteiger partial charge in [-0.25, -0.2) is 0 Å². The van der Waals surface area contributed by atoms with Crippen LogP contribution in [0.25, 0.3) is 0 Å². The molecule has 0 spiro atoms. The van der Waals surface area contributed by atoms with Crippen LogP contribution in [0.1, 0.15) is 39.1 Å². The van der Waals surface area contributed by atoms with Gasteiger partial charge >= 0.3 is 13.3 Å². The first kappa shape index (κ1) is 16.7. The molecule has 0 amide bonds. The third-order valence-corrected chi connectivity index (χ3v) is 4.34. The molecule has 1 saturated heterocycles. The van der Waals surface area contributed by atoms with Crippen LogP contribution in [0.2, 0.25) is 5.02 Å². The van der Waals surface area contributed by atoms with E-state index < -0.39 is 30.3 Å². The predicted octanol–water partition coefficient (Wildman–Crippen LogP) is 4.62. The molecule has 21 heavy (non-hydrogen) atoms. The van der Waals surface area contributed by atoms with Gasteiger partial charge in [0.2, 0.25) is 0 Å². The number of hydrogen-bond donors (Lipinski definition) is 0. The fraction of sp³-hybridized carbons (Fsp3) is 0.571. The SMILES string of the molecule is CC1(C)OB(C(c2cccc(Cl)c2)C(F)(F)F)OC1(C)C. The minimum absolute atomic E-state index is 0.0356. The molecule has 2 nitrogen and oxygen atoms in total. The van der Waals surface area contributed by atoms with Crippen LogP contribution >= 0.6 is 11.6 Å². The number of alkyl halides is 3. The lowest BCUT2D eigenvalue weighted by Gasteiger charge is -2.32. The van der Waals surface area contributed by atoms with Gasteiger partial charge in [-0.1, -0.05) is 23.7 Å². The van der Waals surface area contributed by atoms with Crippen LogP contribution in [0.15, 0.2) is 24.3 Å². The van der Waals surface area contributed by atoms with Gasteiger partial charge in [0.1, 0.15) is 5.82 Å². The summed E-state index contributed by atoms with van der Waals surface area (Å²) in [5.41, 5.74) is -1.60. The number of rotatable bonds is 2. The molecule has 0 saturated carbocycles. The van der Waals surface area contributed by atoms with Crippen molar-refractivity contribution in [2.45, 2.75) is 50.9 Å². The molecule has 0 bridgehead atoms. The van der Waals surface area contributed by atoms with E-state index in [1.54, 1.807) is 27.7 Å². The molecule has 1 fully saturated rings. The van der Waals surface area contributed by atoms with Crippen LogP contribution < -0.4 is 0 Å². The average molecular weight is 321 g/mol. The molecule has 1 atom stereocenters. The van der Waals surface area contributed by atoms with Gasteiger partial charge in [0.15, 0.2) is 0 Å². The van der Waals surface area contributed by atoms with Crippen LogP contribution in [0.5, 0.6) is 0 Å². The van der Waals surface area contributed by atoms with Gasteiger partial charge < -0.3 is 9.31 Å². The summed E-state index contributed by atoms with van der Waals surface area (Å²) in [6.45, 7) is 6.88. The zero-order valence-electron chi connectivity index (χ0n) is 12.3. The monoisotopic (exact) mass is 320 g/mol. The topological polar surface area (TPSA) is 18.5 Å². The van der Waals surface area contributed by atoms with Crippen molar-refractivity contribution in [1.82, 2.24) is 0 Å². The first-order valence-corrected chi connectivity index (χ1v) is 7.00. The summed E-state index contributed by atoms with van der Waals surface area (Å²) in [4.78, 5) is 0. The summed E-state index contributed by atoms with van der Waals surface area (Å²) in [6, 6.07) is 5.70. The smallest absolute Gasteiger partial charge is 0.403 e. The van der Waals surface area contributed by atoms with Gasteiger partial charge in [0, 0.05) is 5.02 Å². The summed E-state index contributed by atoms with van der Waals surface area (Å²) >= 11 is 5.81. The standard InChI is InChI=1S/C14H17BClF3O2/c1-12(2)13(3,4)21-15(20-12)11(14(17,18)19)9-6-5-7-10(16)8-9/h5-8,11H,1-4H3. The van der Waals surface area contributed by atoms with E-state index in [9.17, 15) is 13.2 Å². The van der Waals surface area contributed by atoms with E-state index in [4.69, 9.17) is 20.9 Å². The van der Waals surface area contributed by atoms with Crippen LogP contribution in [-0.2, 0) is 9.31 Å². The molecule has 1 heterocycles. The molecule has 0 N–H and O–H groups in total. The fourth-order valence-electron chi connectivity index (χ4n) is 2.23. The molecular formula is C14H17BClF3O2. The van der Waals surface area contributed by atoms with Crippen molar-refractivity contribution >= 4 is 18.7 Å². The summed E-state index contributed by atoms with van der Waals surface area (Å²) < 4.78 is 51.6. The van der Waals surface area contributed by atoms with E-state index in [0.717, 1.165) is 0 Å². The zero-order chi connectivity index (χ0) is 16.1. The van der Waals surface area contributed by atoms with Crippen LogP contribution in [-0.4, -0.2) is 24.5 Å². The molecule has 1 aliphatic rings. The largest absolute Gasteiger partial charge is 0.475 e. The molecule has 1 aliphatic heterocycles. The number of benzene rings is 1. The molecule has 0 aromatic heterocycles. The highest BCUT2D eigenvalue weighted by Crippen LogP contribution is 2.46. The molecule has 0 aliphatic carbocycles. The molecule has 1 unspecified atom stereocenters. The van der Waals surface area contributed by atoms with Crippen molar-refractivity contribution < 1.29 is 22.5 Å². The Kier molecular flexibility index (Phi) is 4.11. The third-order valence-electron chi connectivity index (χ3n) is 4.10. The summed E-state index contributed by atoms with van der Waals surface area (Å²) in [5, 5.41) is 0.248. The lowest BCUT2D eigenvalue weighted by Crippen LogP contribution is -2.41. The van der Waals surface area contributed by atoms with Gasteiger partial charge in [-0.3, -0.25) is 0 Å². The molecule has 1 aromatic rings. The maximum absolute atomic E-state index is 13.5.